The van der Waals surface area contributed by atoms with E-state index in [9.17, 15) is 14.7 Å². The van der Waals surface area contributed by atoms with E-state index in [-0.39, 0.29) is 11.1 Å². The lowest BCUT2D eigenvalue weighted by atomic mass is 10.0. The molecule has 1 N–H and O–H groups in total. The second-order valence-corrected chi connectivity index (χ2v) is 5.06. The smallest absolute Gasteiger partial charge is 0.326 e. The van der Waals surface area contributed by atoms with Crippen LogP contribution < -0.4 is 0 Å². The molecule has 1 unspecified atom stereocenters. The molecule has 0 radical (unpaired) electrons. The van der Waals surface area contributed by atoms with Crippen molar-refractivity contribution in [2.75, 3.05) is 6.54 Å². The summed E-state index contributed by atoms with van der Waals surface area (Å²) in [6.45, 7) is 2.21. The molecule has 0 aromatic carbocycles. The maximum Gasteiger partial charge on any atom is 0.326 e. The number of carboxylic acids is 1. The first-order valence-electron chi connectivity index (χ1n) is 6.17. The molecule has 0 bridgehead atoms. The summed E-state index contributed by atoms with van der Waals surface area (Å²) in [5.74, 6) is -1.25. The molecule has 1 amide bonds. The van der Waals surface area contributed by atoms with Gasteiger partial charge in [-0.25, -0.2) is 9.78 Å². The summed E-state index contributed by atoms with van der Waals surface area (Å²) in [7, 11) is 0. The molecule has 1 saturated heterocycles. The fourth-order valence-corrected chi connectivity index (χ4v) is 2.60. The molecule has 19 heavy (non-hydrogen) atoms. The zero-order valence-corrected chi connectivity index (χ0v) is 11.4. The van der Waals surface area contributed by atoms with Gasteiger partial charge in [0.1, 0.15) is 11.2 Å². The third-order valence-electron chi connectivity index (χ3n) is 3.22. The number of aromatic nitrogens is 1. The molecule has 5 nitrogen and oxygen atoms in total. The molecule has 1 aliphatic rings. The summed E-state index contributed by atoms with van der Waals surface area (Å²) < 4.78 is 0. The summed E-state index contributed by atoms with van der Waals surface area (Å²) in [4.78, 5) is 29.0. The minimum absolute atomic E-state index is 0.243. The second kappa shape index (κ2) is 5.57. The van der Waals surface area contributed by atoms with Gasteiger partial charge in [0.05, 0.1) is 0 Å². The van der Waals surface area contributed by atoms with Gasteiger partial charge in [0.25, 0.3) is 5.91 Å². The molecule has 2 heterocycles. The highest BCUT2D eigenvalue weighted by molar-refractivity contribution is 6.29. The van der Waals surface area contributed by atoms with Crippen LogP contribution in [0.1, 0.15) is 35.3 Å². The lowest BCUT2D eigenvalue weighted by Gasteiger charge is -2.33. The SMILES string of the molecule is Cc1cc(C(=O)N2CCCCC2C(=O)O)cc(Cl)n1. The first-order chi connectivity index (χ1) is 8.99. The Labute approximate surface area is 116 Å². The number of amides is 1. The van der Waals surface area contributed by atoms with Gasteiger partial charge in [0.2, 0.25) is 0 Å². The number of carbonyl (C=O) groups excluding carboxylic acids is 1. The highest BCUT2D eigenvalue weighted by Gasteiger charge is 2.32. The summed E-state index contributed by atoms with van der Waals surface area (Å²) in [6.07, 6.45) is 2.16. The maximum absolute atomic E-state index is 12.4. The number of piperidine rings is 1. The van der Waals surface area contributed by atoms with Crippen molar-refractivity contribution in [3.8, 4) is 0 Å². The van der Waals surface area contributed by atoms with Gasteiger partial charge in [-0.05, 0) is 38.3 Å². The minimum Gasteiger partial charge on any atom is -0.480 e. The highest BCUT2D eigenvalue weighted by atomic mass is 35.5. The molecule has 0 spiro atoms. The molecule has 1 atom stereocenters. The average Bonchev–Trinajstić information content (AvgIpc) is 2.36. The van der Waals surface area contributed by atoms with E-state index in [0.717, 1.165) is 12.8 Å². The van der Waals surface area contributed by atoms with Crippen molar-refractivity contribution in [3.05, 3.63) is 28.5 Å². The Morgan fingerprint density at radius 3 is 2.79 bits per heavy atom. The summed E-state index contributed by atoms with van der Waals surface area (Å²) in [5, 5.41) is 9.42. The Balaban J connectivity index is 2.28. The van der Waals surface area contributed by atoms with Crippen molar-refractivity contribution in [1.29, 1.82) is 0 Å². The minimum atomic E-state index is -0.954. The van der Waals surface area contributed by atoms with Gasteiger partial charge in [-0.15, -0.1) is 0 Å². The molecule has 1 aromatic rings. The monoisotopic (exact) mass is 282 g/mol. The molecule has 1 aromatic heterocycles. The molecule has 1 fully saturated rings. The Kier molecular flexibility index (Phi) is 4.04. The van der Waals surface area contributed by atoms with Crippen LogP contribution in [-0.4, -0.2) is 39.5 Å². The van der Waals surface area contributed by atoms with Crippen LogP contribution in [0, 0.1) is 6.92 Å². The van der Waals surface area contributed by atoms with Crippen LogP contribution >= 0.6 is 11.6 Å². The number of rotatable bonds is 2. The number of nitrogens with zero attached hydrogens (tertiary/aromatic N) is 2. The number of carbonyl (C=O) groups is 2. The van der Waals surface area contributed by atoms with E-state index in [1.165, 1.54) is 11.0 Å². The summed E-state index contributed by atoms with van der Waals surface area (Å²) in [5.41, 5.74) is 1.03. The van der Waals surface area contributed by atoms with Crippen LogP contribution in [0.5, 0.6) is 0 Å². The van der Waals surface area contributed by atoms with Gasteiger partial charge in [-0.1, -0.05) is 11.6 Å². The van der Waals surface area contributed by atoms with Crippen molar-refractivity contribution < 1.29 is 14.7 Å². The van der Waals surface area contributed by atoms with E-state index in [0.29, 0.717) is 24.2 Å². The fourth-order valence-electron chi connectivity index (χ4n) is 2.35. The number of likely N-dealkylation sites (tertiary alicyclic amines) is 1. The second-order valence-electron chi connectivity index (χ2n) is 4.67. The molecule has 0 aliphatic carbocycles. The molecular weight excluding hydrogens is 268 g/mol. The number of aryl methyl sites for hydroxylation is 1. The Morgan fingerprint density at radius 2 is 2.16 bits per heavy atom. The Hall–Kier alpha value is -1.62. The van der Waals surface area contributed by atoms with Gasteiger partial charge >= 0.3 is 5.97 Å². The van der Waals surface area contributed by atoms with Gasteiger partial charge < -0.3 is 10.0 Å². The van der Waals surface area contributed by atoms with Gasteiger partial charge in [0, 0.05) is 17.8 Å². The zero-order chi connectivity index (χ0) is 14.0. The van der Waals surface area contributed by atoms with Crippen LogP contribution in [0.4, 0.5) is 0 Å². The molecule has 2 rings (SSSR count). The molecule has 1 aliphatic heterocycles. The largest absolute Gasteiger partial charge is 0.480 e. The van der Waals surface area contributed by atoms with E-state index < -0.39 is 12.0 Å². The van der Waals surface area contributed by atoms with Crippen molar-refractivity contribution in [3.63, 3.8) is 0 Å². The van der Waals surface area contributed by atoms with Crippen LogP contribution in [-0.2, 0) is 4.79 Å². The maximum atomic E-state index is 12.4. The molecular formula is C13H15ClN2O3. The van der Waals surface area contributed by atoms with E-state index in [4.69, 9.17) is 11.6 Å². The molecule has 0 saturated carbocycles. The fraction of sp³-hybridized carbons (Fsp3) is 0.462. The first kappa shape index (κ1) is 13.8. The number of carboxylic acid groups (broad SMARTS) is 1. The van der Waals surface area contributed by atoms with Crippen molar-refractivity contribution in [2.45, 2.75) is 32.2 Å². The number of halogens is 1. The predicted molar refractivity (Wildman–Crippen MR) is 70.3 cm³/mol. The lowest BCUT2D eigenvalue weighted by molar-refractivity contribution is -0.143. The van der Waals surface area contributed by atoms with E-state index in [1.807, 2.05) is 0 Å². The van der Waals surface area contributed by atoms with Crippen molar-refractivity contribution >= 4 is 23.5 Å². The quantitative estimate of drug-likeness (QED) is 0.844. The normalized spacial score (nSPS) is 19.3. The third kappa shape index (κ3) is 3.04. The predicted octanol–water partition coefficient (Wildman–Crippen LogP) is 2.12. The first-order valence-corrected chi connectivity index (χ1v) is 6.55. The third-order valence-corrected chi connectivity index (χ3v) is 3.41. The van der Waals surface area contributed by atoms with Gasteiger partial charge in [-0.2, -0.15) is 0 Å². The van der Waals surface area contributed by atoms with Gasteiger partial charge in [-0.3, -0.25) is 4.79 Å². The number of pyridine rings is 1. The zero-order valence-electron chi connectivity index (χ0n) is 10.6. The van der Waals surface area contributed by atoms with E-state index in [2.05, 4.69) is 4.98 Å². The number of hydrogen-bond acceptors (Lipinski definition) is 3. The Morgan fingerprint density at radius 1 is 1.42 bits per heavy atom. The molecule has 6 heteroatoms. The van der Waals surface area contributed by atoms with Crippen LogP contribution in [0.2, 0.25) is 5.15 Å². The van der Waals surface area contributed by atoms with Crippen molar-refractivity contribution in [2.24, 2.45) is 0 Å². The standard InChI is InChI=1S/C13H15ClN2O3/c1-8-6-9(7-11(14)15-8)12(17)16-5-3-2-4-10(16)13(18)19/h6-7,10H,2-5H2,1H3,(H,18,19). The topological polar surface area (TPSA) is 70.5 Å². The molecule has 102 valence electrons. The van der Waals surface area contributed by atoms with Crippen LogP contribution in [0.25, 0.3) is 0 Å². The number of aliphatic carboxylic acids is 1. The summed E-state index contributed by atoms with van der Waals surface area (Å²) >= 11 is 5.83. The summed E-state index contributed by atoms with van der Waals surface area (Å²) in [6, 6.07) is 2.36. The van der Waals surface area contributed by atoms with E-state index >= 15 is 0 Å². The number of hydrogen-bond donors (Lipinski definition) is 1. The van der Waals surface area contributed by atoms with E-state index in [1.54, 1.807) is 13.0 Å². The lowest BCUT2D eigenvalue weighted by Crippen LogP contribution is -2.48. The highest BCUT2D eigenvalue weighted by Crippen LogP contribution is 2.21. The van der Waals surface area contributed by atoms with Crippen LogP contribution in [0.3, 0.4) is 0 Å². The van der Waals surface area contributed by atoms with Crippen LogP contribution in [0.15, 0.2) is 12.1 Å². The van der Waals surface area contributed by atoms with Crippen molar-refractivity contribution in [1.82, 2.24) is 9.88 Å². The average molecular weight is 283 g/mol. The van der Waals surface area contributed by atoms with Gasteiger partial charge in [0.15, 0.2) is 0 Å². The Bertz CT molecular complexity index is 498.